The second-order valence-corrected chi connectivity index (χ2v) is 9.84. The molecule has 4 amide bonds. The number of hydrogen-bond donors (Lipinski definition) is 1. The predicted molar refractivity (Wildman–Crippen MR) is 136 cm³/mol. The number of methoxy groups -OCH3 is 1. The summed E-state index contributed by atoms with van der Waals surface area (Å²) in [6.45, 7) is 6.92. The lowest BCUT2D eigenvalue weighted by Gasteiger charge is -2.55. The van der Waals surface area contributed by atoms with Gasteiger partial charge in [-0.05, 0) is 36.1 Å². The van der Waals surface area contributed by atoms with E-state index in [2.05, 4.69) is 5.32 Å². The van der Waals surface area contributed by atoms with Crippen molar-refractivity contribution in [3.8, 4) is 5.75 Å². The summed E-state index contributed by atoms with van der Waals surface area (Å²) in [5.74, 6) is 0.412. The molecule has 192 valence electrons. The van der Waals surface area contributed by atoms with E-state index in [1.54, 1.807) is 34.0 Å². The zero-order valence-electron chi connectivity index (χ0n) is 21.6. The first-order valence-electron chi connectivity index (χ1n) is 12.3. The minimum absolute atomic E-state index is 0.0287. The summed E-state index contributed by atoms with van der Waals surface area (Å²) in [4.78, 5) is 43.5. The van der Waals surface area contributed by atoms with Crippen molar-refractivity contribution in [2.75, 3.05) is 27.2 Å². The van der Waals surface area contributed by atoms with E-state index in [0.29, 0.717) is 13.1 Å². The van der Waals surface area contributed by atoms with E-state index in [9.17, 15) is 14.4 Å². The van der Waals surface area contributed by atoms with Crippen molar-refractivity contribution >= 4 is 17.8 Å². The van der Waals surface area contributed by atoms with Crippen molar-refractivity contribution in [3.63, 3.8) is 0 Å². The summed E-state index contributed by atoms with van der Waals surface area (Å²) in [6.07, 6.45) is -0.595. The van der Waals surface area contributed by atoms with Crippen molar-refractivity contribution < 1.29 is 19.1 Å². The molecule has 0 spiro atoms. The molecule has 2 atom stereocenters. The Balaban J connectivity index is 1.57. The molecule has 2 aliphatic rings. The van der Waals surface area contributed by atoms with Crippen LogP contribution in [0.15, 0.2) is 48.5 Å². The first-order valence-corrected chi connectivity index (χ1v) is 12.3. The molecule has 36 heavy (non-hydrogen) atoms. The van der Waals surface area contributed by atoms with Gasteiger partial charge >= 0.3 is 6.03 Å². The van der Waals surface area contributed by atoms with Crippen molar-refractivity contribution in [1.29, 1.82) is 0 Å². The van der Waals surface area contributed by atoms with E-state index < -0.39 is 12.2 Å². The van der Waals surface area contributed by atoms with E-state index in [4.69, 9.17) is 4.74 Å². The molecule has 0 aromatic heterocycles. The molecular formula is C27H35N5O4. The Morgan fingerprint density at radius 1 is 1.06 bits per heavy atom. The Bertz CT molecular complexity index is 1100. The standard InChI is InChI=1S/C27H35N5O4/c1-18(2)25-26(34)30(15-21-8-6-19(3)7-9-21)16-23-31(25)24(33)17-29(4)32(23)27(35)28-14-20-10-12-22(36-5)13-11-20/h6-13,18,23,25H,14-17H2,1-5H3,(H,28,35)/t23-,25-/m0/s1. The quantitative estimate of drug-likeness (QED) is 0.669. The van der Waals surface area contributed by atoms with Gasteiger partial charge in [-0.1, -0.05) is 55.8 Å². The minimum Gasteiger partial charge on any atom is -0.497 e. The second kappa shape index (κ2) is 10.6. The van der Waals surface area contributed by atoms with Crippen LogP contribution in [0.4, 0.5) is 4.79 Å². The summed E-state index contributed by atoms with van der Waals surface area (Å²) < 4.78 is 5.20. The summed E-state index contributed by atoms with van der Waals surface area (Å²) in [7, 11) is 3.34. The van der Waals surface area contributed by atoms with Crippen LogP contribution < -0.4 is 10.1 Å². The number of nitrogens with one attached hydrogen (secondary N) is 1. The van der Waals surface area contributed by atoms with Gasteiger partial charge in [-0.25, -0.2) is 14.8 Å². The first-order chi connectivity index (χ1) is 17.2. The summed E-state index contributed by atoms with van der Waals surface area (Å²) in [5.41, 5.74) is 3.08. The Hall–Kier alpha value is -3.59. The van der Waals surface area contributed by atoms with Crippen molar-refractivity contribution in [1.82, 2.24) is 25.1 Å². The fraction of sp³-hybridized carbons (Fsp3) is 0.444. The average Bonchev–Trinajstić information content (AvgIpc) is 2.85. The van der Waals surface area contributed by atoms with Crippen LogP contribution in [0.5, 0.6) is 5.75 Å². The number of hydrazine groups is 1. The van der Waals surface area contributed by atoms with Crippen LogP contribution in [0.25, 0.3) is 0 Å². The maximum Gasteiger partial charge on any atom is 0.334 e. The van der Waals surface area contributed by atoms with Gasteiger partial charge in [-0.2, -0.15) is 0 Å². The third-order valence-corrected chi connectivity index (χ3v) is 6.81. The van der Waals surface area contributed by atoms with E-state index in [0.717, 1.165) is 22.4 Å². The Labute approximate surface area is 212 Å². The molecule has 1 N–H and O–H groups in total. The van der Waals surface area contributed by atoms with Crippen molar-refractivity contribution in [2.24, 2.45) is 5.92 Å². The fourth-order valence-electron chi connectivity index (χ4n) is 4.92. The molecular weight excluding hydrogens is 458 g/mol. The smallest absolute Gasteiger partial charge is 0.334 e. The molecule has 4 rings (SSSR count). The largest absolute Gasteiger partial charge is 0.497 e. The normalized spacial score (nSPS) is 20.6. The number of rotatable bonds is 6. The number of amides is 4. The molecule has 0 saturated carbocycles. The molecule has 2 aromatic carbocycles. The number of aryl methyl sites for hydroxylation is 1. The summed E-state index contributed by atoms with van der Waals surface area (Å²) in [6, 6.07) is 14.6. The number of benzene rings is 2. The third kappa shape index (κ3) is 5.16. The molecule has 0 radical (unpaired) electrons. The van der Waals surface area contributed by atoms with E-state index in [1.165, 1.54) is 0 Å². The van der Waals surface area contributed by atoms with Gasteiger partial charge < -0.3 is 19.9 Å². The molecule has 2 heterocycles. The highest BCUT2D eigenvalue weighted by atomic mass is 16.5. The minimum atomic E-state index is -0.632. The number of ether oxygens (including phenoxy) is 1. The Kier molecular flexibility index (Phi) is 7.49. The molecule has 2 saturated heterocycles. The Morgan fingerprint density at radius 2 is 1.69 bits per heavy atom. The lowest BCUT2D eigenvalue weighted by Crippen LogP contribution is -2.76. The number of urea groups is 1. The lowest BCUT2D eigenvalue weighted by atomic mass is 9.96. The monoisotopic (exact) mass is 493 g/mol. The van der Waals surface area contributed by atoms with Gasteiger partial charge in [-0.3, -0.25) is 9.59 Å². The fourth-order valence-corrected chi connectivity index (χ4v) is 4.92. The molecule has 2 aliphatic heterocycles. The summed E-state index contributed by atoms with van der Waals surface area (Å²) in [5, 5.41) is 6.19. The number of hydrogen-bond acceptors (Lipinski definition) is 5. The lowest BCUT2D eigenvalue weighted by molar-refractivity contribution is -0.190. The predicted octanol–water partition coefficient (Wildman–Crippen LogP) is 2.60. The first kappa shape index (κ1) is 25.5. The highest BCUT2D eigenvalue weighted by Crippen LogP contribution is 2.30. The zero-order valence-corrected chi connectivity index (χ0v) is 21.6. The second-order valence-electron chi connectivity index (χ2n) is 9.84. The SMILES string of the molecule is COc1ccc(CNC(=O)N2[C@H]3CN(Cc4ccc(C)cc4)C(=O)[C@H](C(C)C)N3C(=O)CN2C)cc1. The topological polar surface area (TPSA) is 85.4 Å². The number of nitrogens with zero attached hydrogens (tertiary/aromatic N) is 4. The van der Waals surface area contributed by atoms with Crippen molar-refractivity contribution in [2.45, 2.75) is 46.1 Å². The van der Waals surface area contributed by atoms with E-state index >= 15 is 0 Å². The molecule has 2 aromatic rings. The maximum atomic E-state index is 13.5. The number of likely N-dealkylation sites (N-methyl/N-ethyl adjacent to an activating group) is 1. The van der Waals surface area contributed by atoms with Crippen LogP contribution in [0, 0.1) is 12.8 Å². The molecule has 9 nitrogen and oxygen atoms in total. The van der Waals surface area contributed by atoms with Gasteiger partial charge in [0.15, 0.2) is 0 Å². The van der Waals surface area contributed by atoms with Crippen LogP contribution >= 0.6 is 0 Å². The average molecular weight is 494 g/mol. The van der Waals surface area contributed by atoms with Gasteiger partial charge in [0.2, 0.25) is 11.8 Å². The number of fused-ring (bicyclic) bond motifs is 1. The molecule has 9 heteroatoms. The molecule has 2 fully saturated rings. The number of piperazine rings is 1. The van der Waals surface area contributed by atoms with Gasteiger partial charge in [-0.15, -0.1) is 0 Å². The van der Waals surface area contributed by atoms with Gasteiger partial charge in [0.05, 0.1) is 20.2 Å². The Morgan fingerprint density at radius 3 is 2.31 bits per heavy atom. The van der Waals surface area contributed by atoms with Crippen LogP contribution in [-0.2, 0) is 22.7 Å². The number of carbonyl (C=O) groups excluding carboxylic acids is 3. The van der Waals surface area contributed by atoms with Gasteiger partial charge in [0, 0.05) is 20.1 Å². The highest BCUT2D eigenvalue weighted by molar-refractivity contribution is 5.91. The van der Waals surface area contributed by atoms with Gasteiger partial charge in [0.1, 0.15) is 18.0 Å². The van der Waals surface area contributed by atoms with Crippen LogP contribution in [0.1, 0.15) is 30.5 Å². The van der Waals surface area contributed by atoms with Gasteiger partial charge in [0.25, 0.3) is 0 Å². The zero-order chi connectivity index (χ0) is 26.0. The van der Waals surface area contributed by atoms with Crippen LogP contribution in [0.2, 0.25) is 0 Å². The molecule has 0 unspecified atom stereocenters. The van der Waals surface area contributed by atoms with Crippen molar-refractivity contribution in [3.05, 3.63) is 65.2 Å². The maximum absolute atomic E-state index is 13.5. The van der Waals surface area contributed by atoms with Crippen LogP contribution in [-0.4, -0.2) is 77.1 Å². The van der Waals surface area contributed by atoms with Crippen LogP contribution in [0.3, 0.4) is 0 Å². The summed E-state index contributed by atoms with van der Waals surface area (Å²) >= 11 is 0. The van der Waals surface area contributed by atoms with E-state index in [-0.39, 0.29) is 36.9 Å². The van der Waals surface area contributed by atoms with E-state index in [1.807, 2.05) is 69.3 Å². The number of carbonyl (C=O) groups is 3. The molecule has 0 bridgehead atoms. The highest BCUT2D eigenvalue weighted by Gasteiger charge is 2.51. The molecule has 0 aliphatic carbocycles. The third-order valence-electron chi connectivity index (χ3n) is 6.81.